The highest BCUT2D eigenvalue weighted by Crippen LogP contribution is 2.21. The van der Waals surface area contributed by atoms with E-state index in [2.05, 4.69) is 49.7 Å². The number of ether oxygens (including phenoxy) is 1. The lowest BCUT2D eigenvalue weighted by Gasteiger charge is -2.26. The Morgan fingerprint density at radius 1 is 0.971 bits per heavy atom. The zero-order valence-electron chi connectivity index (χ0n) is 18.6. The molecule has 0 atom stereocenters. The number of nitrogens with zero attached hydrogens (tertiary/aromatic N) is 8. The van der Waals surface area contributed by atoms with E-state index in [1.807, 2.05) is 46.0 Å². The summed E-state index contributed by atoms with van der Waals surface area (Å²) in [7, 11) is 0. The molecule has 1 fully saturated rings. The summed E-state index contributed by atoms with van der Waals surface area (Å²) in [5, 5.41) is 14.3. The van der Waals surface area contributed by atoms with Gasteiger partial charge in [-0.1, -0.05) is 17.3 Å². The van der Waals surface area contributed by atoms with E-state index in [-0.39, 0.29) is 12.4 Å². The summed E-state index contributed by atoms with van der Waals surface area (Å²) >= 11 is 0. The summed E-state index contributed by atoms with van der Waals surface area (Å²) in [6.07, 6.45) is 5.74. The number of pyridine rings is 2. The van der Waals surface area contributed by atoms with E-state index in [0.29, 0.717) is 6.54 Å². The number of aromatic nitrogens is 7. The average molecular weight is 477 g/mol. The van der Waals surface area contributed by atoms with Gasteiger partial charge in [0.2, 0.25) is 0 Å². The van der Waals surface area contributed by atoms with Gasteiger partial charge in [0, 0.05) is 43.0 Å². The zero-order valence-corrected chi connectivity index (χ0v) is 19.4. The highest BCUT2D eigenvalue weighted by molar-refractivity contribution is 5.85. The summed E-state index contributed by atoms with van der Waals surface area (Å²) in [5.74, 6) is 0. The molecule has 174 valence electrons. The lowest BCUT2D eigenvalue weighted by Crippen LogP contribution is -2.38. The Labute approximate surface area is 202 Å². The minimum Gasteiger partial charge on any atom is -0.379 e. The van der Waals surface area contributed by atoms with Crippen molar-refractivity contribution in [1.29, 1.82) is 0 Å². The van der Waals surface area contributed by atoms with Gasteiger partial charge in [-0.15, -0.1) is 17.5 Å². The second kappa shape index (κ2) is 9.84. The first-order chi connectivity index (χ1) is 16.3. The lowest BCUT2D eigenvalue weighted by molar-refractivity contribution is 0.0360. The highest BCUT2D eigenvalue weighted by Gasteiger charge is 2.13. The van der Waals surface area contributed by atoms with Crippen LogP contribution in [0.25, 0.3) is 33.3 Å². The van der Waals surface area contributed by atoms with Crippen LogP contribution in [0.15, 0.2) is 61.1 Å². The molecule has 0 aliphatic carbocycles. The molecular formula is C24H25ClN8O. The van der Waals surface area contributed by atoms with Crippen molar-refractivity contribution < 1.29 is 4.74 Å². The summed E-state index contributed by atoms with van der Waals surface area (Å²) in [6, 6.07) is 14.2. The van der Waals surface area contributed by atoms with Gasteiger partial charge in [-0.2, -0.15) is 5.10 Å². The molecule has 34 heavy (non-hydrogen) atoms. The van der Waals surface area contributed by atoms with Crippen molar-refractivity contribution in [2.24, 2.45) is 0 Å². The molecule has 1 aromatic carbocycles. The first kappa shape index (κ1) is 22.4. The van der Waals surface area contributed by atoms with Crippen molar-refractivity contribution in [3.8, 4) is 11.3 Å². The van der Waals surface area contributed by atoms with Gasteiger partial charge in [0.05, 0.1) is 43.7 Å². The Balaban J connectivity index is 0.00000241. The average Bonchev–Trinajstić information content (AvgIpc) is 3.50. The van der Waals surface area contributed by atoms with Crippen molar-refractivity contribution in [3.05, 3.63) is 66.6 Å². The van der Waals surface area contributed by atoms with E-state index in [1.54, 1.807) is 0 Å². The van der Waals surface area contributed by atoms with E-state index in [9.17, 15) is 0 Å². The molecule has 0 bridgehead atoms. The molecule has 6 rings (SSSR count). The van der Waals surface area contributed by atoms with Crippen molar-refractivity contribution in [1.82, 2.24) is 39.6 Å². The number of morpholine rings is 1. The number of benzene rings is 1. The molecule has 0 spiro atoms. The van der Waals surface area contributed by atoms with Crippen molar-refractivity contribution in [2.45, 2.75) is 13.1 Å². The summed E-state index contributed by atoms with van der Waals surface area (Å²) in [5.41, 5.74) is 5.51. The van der Waals surface area contributed by atoms with Crippen molar-refractivity contribution in [2.75, 3.05) is 32.8 Å². The van der Waals surface area contributed by atoms with E-state index in [4.69, 9.17) is 9.72 Å². The molecule has 0 unspecified atom stereocenters. The maximum Gasteiger partial charge on any atom is 0.179 e. The van der Waals surface area contributed by atoms with Crippen LogP contribution in [-0.4, -0.2) is 72.5 Å². The molecular weight excluding hydrogens is 452 g/mol. The molecule has 5 aromatic rings. The normalized spacial score (nSPS) is 14.5. The Bertz CT molecular complexity index is 1410. The topological polar surface area (TPSA) is 86.8 Å². The van der Waals surface area contributed by atoms with Crippen LogP contribution in [-0.2, 0) is 17.8 Å². The number of rotatable bonds is 6. The summed E-state index contributed by atoms with van der Waals surface area (Å²) in [6.45, 7) is 6.00. The van der Waals surface area contributed by atoms with Crippen molar-refractivity contribution >= 4 is 34.5 Å². The van der Waals surface area contributed by atoms with Crippen LogP contribution in [0.2, 0.25) is 0 Å². The number of hydrogen-bond donors (Lipinski definition) is 0. The Hall–Kier alpha value is -3.40. The van der Waals surface area contributed by atoms with E-state index in [0.717, 1.165) is 78.3 Å². The highest BCUT2D eigenvalue weighted by atomic mass is 35.5. The summed E-state index contributed by atoms with van der Waals surface area (Å²) in [4.78, 5) is 11.7. The molecule has 4 aromatic heterocycles. The Kier molecular flexibility index (Phi) is 6.48. The van der Waals surface area contributed by atoms with Crippen LogP contribution in [0, 0.1) is 0 Å². The Morgan fingerprint density at radius 3 is 2.76 bits per heavy atom. The van der Waals surface area contributed by atoms with Crippen LogP contribution in [0.5, 0.6) is 0 Å². The first-order valence-electron chi connectivity index (χ1n) is 11.2. The van der Waals surface area contributed by atoms with Crippen LogP contribution < -0.4 is 0 Å². The molecule has 0 amide bonds. The van der Waals surface area contributed by atoms with Gasteiger partial charge in [0.25, 0.3) is 0 Å². The fourth-order valence-corrected chi connectivity index (χ4v) is 4.20. The van der Waals surface area contributed by atoms with Gasteiger partial charge in [0.1, 0.15) is 5.52 Å². The SMILES string of the molecule is Cl.c1cnc2ccc(Cn3nnc4ccc(-c5cnn(CCN6CCOCC6)c5)nc43)cc2c1. The molecule has 1 saturated heterocycles. The van der Waals surface area contributed by atoms with Crippen LogP contribution in [0.3, 0.4) is 0 Å². The van der Waals surface area contributed by atoms with E-state index in [1.165, 1.54) is 0 Å². The van der Waals surface area contributed by atoms with Gasteiger partial charge in [-0.3, -0.25) is 14.6 Å². The fraction of sp³-hybridized carbons (Fsp3) is 0.292. The molecule has 5 heterocycles. The third-order valence-corrected chi connectivity index (χ3v) is 6.04. The van der Waals surface area contributed by atoms with Gasteiger partial charge < -0.3 is 4.74 Å². The molecule has 9 nitrogen and oxygen atoms in total. The maximum atomic E-state index is 5.42. The third-order valence-electron chi connectivity index (χ3n) is 6.04. The molecule has 0 saturated carbocycles. The quantitative estimate of drug-likeness (QED) is 0.372. The minimum absolute atomic E-state index is 0. The standard InChI is InChI=1S/C24H24N8O.ClH/c1-2-19-14-18(3-4-21(19)25-7-1)16-32-24-23(28-29-32)6-5-22(27-24)20-15-26-31(17-20)9-8-30-10-12-33-13-11-30;/h1-7,14-15,17H,8-13,16H2;1H. The van der Waals surface area contributed by atoms with Crippen LogP contribution in [0.1, 0.15) is 5.56 Å². The molecule has 1 aliphatic heterocycles. The number of halogens is 1. The summed E-state index contributed by atoms with van der Waals surface area (Å²) < 4.78 is 9.25. The lowest BCUT2D eigenvalue weighted by atomic mass is 10.1. The predicted octanol–water partition coefficient (Wildman–Crippen LogP) is 3.04. The van der Waals surface area contributed by atoms with E-state index >= 15 is 0 Å². The molecule has 10 heteroatoms. The maximum absolute atomic E-state index is 5.42. The van der Waals surface area contributed by atoms with Gasteiger partial charge in [0.15, 0.2) is 5.65 Å². The first-order valence-corrected chi connectivity index (χ1v) is 11.2. The fourth-order valence-electron chi connectivity index (χ4n) is 4.20. The van der Waals surface area contributed by atoms with Gasteiger partial charge in [-0.25, -0.2) is 9.67 Å². The third kappa shape index (κ3) is 4.63. The smallest absolute Gasteiger partial charge is 0.179 e. The largest absolute Gasteiger partial charge is 0.379 e. The zero-order chi connectivity index (χ0) is 22.0. The number of hydrogen-bond acceptors (Lipinski definition) is 7. The Morgan fingerprint density at radius 2 is 1.85 bits per heavy atom. The molecule has 1 aliphatic rings. The predicted molar refractivity (Wildman–Crippen MR) is 132 cm³/mol. The van der Waals surface area contributed by atoms with Crippen LogP contribution in [0.4, 0.5) is 0 Å². The monoisotopic (exact) mass is 476 g/mol. The van der Waals surface area contributed by atoms with Crippen LogP contribution >= 0.6 is 12.4 Å². The van der Waals surface area contributed by atoms with E-state index < -0.39 is 0 Å². The van der Waals surface area contributed by atoms with Gasteiger partial charge in [-0.05, 0) is 35.9 Å². The molecule has 0 radical (unpaired) electrons. The van der Waals surface area contributed by atoms with Crippen molar-refractivity contribution in [3.63, 3.8) is 0 Å². The number of fused-ring (bicyclic) bond motifs is 2. The minimum atomic E-state index is 0. The second-order valence-electron chi connectivity index (χ2n) is 8.26. The molecule has 0 N–H and O–H groups in total. The second-order valence-corrected chi connectivity index (χ2v) is 8.26. The van der Waals surface area contributed by atoms with Gasteiger partial charge >= 0.3 is 0 Å².